The van der Waals surface area contributed by atoms with Gasteiger partial charge in [-0.3, -0.25) is 4.79 Å². The number of fused-ring (bicyclic) bond motifs is 2. The van der Waals surface area contributed by atoms with E-state index in [1.165, 1.54) is 12.8 Å². The van der Waals surface area contributed by atoms with Crippen molar-refractivity contribution < 1.29 is 9.53 Å². The molecular weight excluding hydrogens is 385 g/mol. The monoisotopic (exact) mass is 411 g/mol. The molecule has 3 rings (SSSR count). The summed E-state index contributed by atoms with van der Waals surface area (Å²) in [7, 11) is 2.18. The van der Waals surface area contributed by atoms with Crippen molar-refractivity contribution in [3.8, 4) is 18.1 Å². The van der Waals surface area contributed by atoms with Gasteiger partial charge in [-0.25, -0.2) is 0 Å². The minimum atomic E-state index is -0.415. The molecule has 2 aliphatic heterocycles. The highest BCUT2D eigenvalue weighted by atomic mass is 35.5. The fourth-order valence-corrected chi connectivity index (χ4v) is 4.19. The first-order valence-electron chi connectivity index (χ1n) is 9.17. The Balaban J connectivity index is 0.00000261. The number of benzene rings is 1. The van der Waals surface area contributed by atoms with Gasteiger partial charge in [-0.15, -0.1) is 18.8 Å². The van der Waals surface area contributed by atoms with Crippen LogP contribution in [0.3, 0.4) is 0 Å². The number of carbonyl (C=O) groups is 1. The molecule has 0 aromatic heterocycles. The van der Waals surface area contributed by atoms with Gasteiger partial charge in [0.1, 0.15) is 5.75 Å². The summed E-state index contributed by atoms with van der Waals surface area (Å²) in [6.45, 7) is 1.93. The molecule has 3 atom stereocenters. The molecule has 2 saturated heterocycles. The molecular formula is C20H27Cl2N3O2. The predicted octanol–water partition coefficient (Wildman–Crippen LogP) is 3.49. The number of carbonyl (C=O) groups excluding carboxylic acids is 1. The quantitative estimate of drug-likeness (QED) is 0.574. The first-order valence-corrected chi connectivity index (χ1v) is 9.55. The molecule has 2 bridgehead atoms. The Morgan fingerprint density at radius 2 is 2.07 bits per heavy atom. The third-order valence-corrected chi connectivity index (χ3v) is 5.93. The summed E-state index contributed by atoms with van der Waals surface area (Å²) in [6.07, 6.45) is 10.1. The van der Waals surface area contributed by atoms with Crippen LogP contribution in [0.4, 0.5) is 5.69 Å². The van der Waals surface area contributed by atoms with Crippen molar-refractivity contribution in [2.24, 2.45) is 0 Å². The van der Waals surface area contributed by atoms with Crippen LogP contribution in [-0.2, 0) is 0 Å². The molecule has 1 aromatic rings. The third-order valence-electron chi connectivity index (χ3n) is 5.60. The van der Waals surface area contributed by atoms with Crippen LogP contribution in [0.2, 0.25) is 5.02 Å². The fraction of sp³-hybridized carbons (Fsp3) is 0.550. The van der Waals surface area contributed by atoms with Gasteiger partial charge in [-0.1, -0.05) is 24.4 Å². The summed E-state index contributed by atoms with van der Waals surface area (Å²) < 4.78 is 5.82. The maximum Gasteiger partial charge on any atom is 0.255 e. The van der Waals surface area contributed by atoms with E-state index in [-0.39, 0.29) is 24.4 Å². The number of rotatable bonds is 5. The normalized spacial score (nSPS) is 25.2. The lowest BCUT2D eigenvalue weighted by molar-refractivity contribution is 0.0877. The van der Waals surface area contributed by atoms with Gasteiger partial charge in [-0.2, -0.15) is 0 Å². The lowest BCUT2D eigenvalue weighted by Gasteiger charge is -2.36. The number of hydrogen-bond acceptors (Lipinski definition) is 4. The van der Waals surface area contributed by atoms with Crippen LogP contribution in [0.1, 0.15) is 49.4 Å². The van der Waals surface area contributed by atoms with Crippen LogP contribution >= 0.6 is 24.0 Å². The molecule has 0 saturated carbocycles. The molecule has 1 amide bonds. The lowest BCUT2D eigenvalue weighted by atomic mass is 9.97. The average Bonchev–Trinajstić information content (AvgIpc) is 2.83. The van der Waals surface area contributed by atoms with E-state index in [4.69, 9.17) is 28.5 Å². The largest absolute Gasteiger partial charge is 0.477 e. The second kappa shape index (κ2) is 9.05. The summed E-state index contributed by atoms with van der Waals surface area (Å²) in [5.74, 6) is 2.76. The highest BCUT2D eigenvalue weighted by molar-refractivity contribution is 6.33. The van der Waals surface area contributed by atoms with Crippen LogP contribution in [0, 0.1) is 12.3 Å². The van der Waals surface area contributed by atoms with E-state index in [2.05, 4.69) is 23.2 Å². The Hall–Kier alpha value is -1.61. The molecule has 5 nitrogen and oxygen atoms in total. The first kappa shape index (κ1) is 21.7. The van der Waals surface area contributed by atoms with Crippen LogP contribution < -0.4 is 15.8 Å². The standard InChI is InChI=1S/C20H26ClN3O2.ClH/c1-4-15(5-2)26-19-11-18(22)17(21)10-16(19)20(25)23-12-8-13-6-7-14(9-12)24(13)3;/h1,10-15H,5-9,22H2,2-3H3,(H,23,25);1H. The zero-order valence-corrected chi connectivity index (χ0v) is 17.3. The first-order chi connectivity index (χ1) is 12.4. The van der Waals surface area contributed by atoms with Crippen molar-refractivity contribution in [2.75, 3.05) is 12.8 Å². The topological polar surface area (TPSA) is 67.6 Å². The molecule has 3 unspecified atom stereocenters. The number of nitrogens with one attached hydrogen (secondary N) is 1. The van der Waals surface area contributed by atoms with E-state index in [0.29, 0.717) is 40.5 Å². The highest BCUT2D eigenvalue weighted by Gasteiger charge is 2.39. The van der Waals surface area contributed by atoms with Gasteiger partial charge in [0.15, 0.2) is 6.10 Å². The number of terminal acetylenes is 1. The van der Waals surface area contributed by atoms with Gasteiger partial charge in [-0.05, 0) is 45.2 Å². The Bertz CT molecular complexity index is 721. The van der Waals surface area contributed by atoms with Gasteiger partial charge < -0.3 is 20.7 Å². The zero-order chi connectivity index (χ0) is 18.8. The maximum absolute atomic E-state index is 12.9. The van der Waals surface area contributed by atoms with Crippen LogP contribution in [0.25, 0.3) is 0 Å². The average molecular weight is 412 g/mol. The van der Waals surface area contributed by atoms with Gasteiger partial charge in [0.2, 0.25) is 0 Å². The van der Waals surface area contributed by atoms with Crippen LogP contribution in [-0.4, -0.2) is 42.1 Å². The van der Waals surface area contributed by atoms with Gasteiger partial charge >= 0.3 is 0 Å². The Labute approximate surface area is 172 Å². The number of halogens is 2. The van der Waals surface area contributed by atoms with E-state index in [0.717, 1.165) is 12.8 Å². The van der Waals surface area contributed by atoms with E-state index >= 15 is 0 Å². The molecule has 0 radical (unpaired) electrons. The fourth-order valence-electron chi connectivity index (χ4n) is 4.03. The molecule has 0 spiro atoms. The number of nitrogens with two attached hydrogens (primary N) is 1. The van der Waals surface area contributed by atoms with Crippen LogP contribution in [0.15, 0.2) is 12.1 Å². The van der Waals surface area contributed by atoms with E-state index in [9.17, 15) is 4.79 Å². The maximum atomic E-state index is 12.9. The van der Waals surface area contributed by atoms with Crippen molar-refractivity contribution in [1.29, 1.82) is 0 Å². The van der Waals surface area contributed by atoms with Crippen molar-refractivity contribution in [2.45, 2.75) is 63.3 Å². The molecule has 2 heterocycles. The molecule has 7 heteroatoms. The van der Waals surface area contributed by atoms with Crippen molar-refractivity contribution in [3.05, 3.63) is 22.7 Å². The van der Waals surface area contributed by atoms with Crippen molar-refractivity contribution in [3.63, 3.8) is 0 Å². The number of amides is 1. The van der Waals surface area contributed by atoms with E-state index in [1.54, 1.807) is 12.1 Å². The van der Waals surface area contributed by atoms with Gasteiger partial charge in [0.05, 0.1) is 16.3 Å². The molecule has 148 valence electrons. The van der Waals surface area contributed by atoms with Crippen molar-refractivity contribution >= 4 is 35.6 Å². The summed E-state index contributed by atoms with van der Waals surface area (Å²) in [5, 5.41) is 3.49. The Morgan fingerprint density at radius 1 is 1.44 bits per heavy atom. The predicted molar refractivity (Wildman–Crippen MR) is 112 cm³/mol. The number of hydrogen-bond donors (Lipinski definition) is 2. The van der Waals surface area contributed by atoms with Crippen LogP contribution in [0.5, 0.6) is 5.75 Å². The number of nitrogen functional groups attached to an aromatic ring is 1. The van der Waals surface area contributed by atoms with Crippen molar-refractivity contribution in [1.82, 2.24) is 10.2 Å². The number of ether oxygens (including phenoxy) is 1. The second-order valence-corrected chi connectivity index (χ2v) is 7.65. The number of piperidine rings is 1. The highest BCUT2D eigenvalue weighted by Crippen LogP contribution is 2.35. The Morgan fingerprint density at radius 3 is 2.63 bits per heavy atom. The third kappa shape index (κ3) is 4.63. The molecule has 27 heavy (non-hydrogen) atoms. The molecule has 3 N–H and O–H groups in total. The van der Waals surface area contributed by atoms with E-state index in [1.807, 2.05) is 6.92 Å². The molecule has 1 aromatic carbocycles. The lowest BCUT2D eigenvalue weighted by Crippen LogP contribution is -2.48. The summed E-state index contributed by atoms with van der Waals surface area (Å²) in [5.41, 5.74) is 6.63. The second-order valence-electron chi connectivity index (χ2n) is 7.24. The molecule has 0 aliphatic carbocycles. The zero-order valence-electron chi connectivity index (χ0n) is 15.7. The minimum absolute atomic E-state index is 0. The summed E-state index contributed by atoms with van der Waals surface area (Å²) >= 11 is 6.14. The smallest absolute Gasteiger partial charge is 0.255 e. The van der Waals surface area contributed by atoms with E-state index < -0.39 is 6.10 Å². The molecule has 2 aliphatic rings. The van der Waals surface area contributed by atoms with Gasteiger partial charge in [0.25, 0.3) is 5.91 Å². The number of anilines is 1. The molecule has 2 fully saturated rings. The SMILES string of the molecule is C#CC(CC)Oc1cc(N)c(Cl)cc1C(=O)NC1CC2CCC(C1)N2C.Cl. The number of nitrogens with zero attached hydrogens (tertiary/aromatic N) is 1. The van der Waals surface area contributed by atoms with Gasteiger partial charge in [0, 0.05) is 24.2 Å². The Kier molecular flexibility index (Phi) is 7.27. The minimum Gasteiger partial charge on any atom is -0.477 e. The summed E-state index contributed by atoms with van der Waals surface area (Å²) in [6, 6.07) is 4.41. The summed E-state index contributed by atoms with van der Waals surface area (Å²) in [4.78, 5) is 15.4.